The molecular formula is C11H15N3. The Labute approximate surface area is 84.0 Å². The molecule has 1 aromatic carbocycles. The molecule has 3 nitrogen and oxygen atoms in total. The summed E-state index contributed by atoms with van der Waals surface area (Å²) in [7, 11) is 0. The number of para-hydroxylation sites is 1. The maximum absolute atomic E-state index is 5.71. The third kappa shape index (κ3) is 1.99. The van der Waals surface area contributed by atoms with Gasteiger partial charge in [-0.25, -0.2) is 9.97 Å². The van der Waals surface area contributed by atoms with Crippen LogP contribution in [-0.4, -0.2) is 9.97 Å². The van der Waals surface area contributed by atoms with Gasteiger partial charge in [-0.3, -0.25) is 0 Å². The van der Waals surface area contributed by atoms with Crippen molar-refractivity contribution >= 4 is 16.7 Å². The average Bonchev–Trinajstić information content (AvgIpc) is 2.20. The Morgan fingerprint density at radius 2 is 1.71 bits per heavy atom. The van der Waals surface area contributed by atoms with E-state index in [1.807, 2.05) is 45.0 Å². The molecule has 0 atom stereocenters. The van der Waals surface area contributed by atoms with Crippen LogP contribution in [0.15, 0.2) is 24.3 Å². The van der Waals surface area contributed by atoms with E-state index in [-0.39, 0.29) is 0 Å². The minimum absolute atomic E-state index is 0.554. The Morgan fingerprint density at radius 3 is 2.43 bits per heavy atom. The second-order valence-electron chi connectivity index (χ2n) is 2.67. The number of rotatable bonds is 0. The number of nitrogen functional groups attached to an aromatic ring is 1. The zero-order valence-corrected chi connectivity index (χ0v) is 8.78. The van der Waals surface area contributed by atoms with Crippen molar-refractivity contribution in [3.63, 3.8) is 0 Å². The fourth-order valence-electron chi connectivity index (χ4n) is 1.22. The smallest absolute Gasteiger partial charge is 0.135 e. The first-order valence-corrected chi connectivity index (χ1v) is 4.76. The highest BCUT2D eigenvalue weighted by Gasteiger charge is 1.99. The van der Waals surface area contributed by atoms with Crippen molar-refractivity contribution in [3.8, 4) is 0 Å². The fraction of sp³-hybridized carbons (Fsp3) is 0.273. The number of nitrogens with two attached hydrogens (primary N) is 1. The van der Waals surface area contributed by atoms with Gasteiger partial charge in [-0.15, -0.1) is 0 Å². The van der Waals surface area contributed by atoms with Crippen LogP contribution < -0.4 is 5.73 Å². The van der Waals surface area contributed by atoms with Crippen LogP contribution in [0.3, 0.4) is 0 Å². The van der Waals surface area contributed by atoms with Gasteiger partial charge < -0.3 is 5.73 Å². The summed E-state index contributed by atoms with van der Waals surface area (Å²) in [4.78, 5) is 8.31. The first kappa shape index (κ1) is 10.4. The lowest BCUT2D eigenvalue weighted by molar-refractivity contribution is 1.10. The third-order valence-electron chi connectivity index (χ3n) is 1.74. The SMILES string of the molecule is CC.Cc1nc(N)c2ccccc2n1. The van der Waals surface area contributed by atoms with Crippen molar-refractivity contribution in [2.24, 2.45) is 0 Å². The minimum Gasteiger partial charge on any atom is -0.383 e. The number of hydrogen-bond acceptors (Lipinski definition) is 3. The van der Waals surface area contributed by atoms with Crippen molar-refractivity contribution in [1.29, 1.82) is 0 Å². The largest absolute Gasteiger partial charge is 0.383 e. The van der Waals surface area contributed by atoms with Gasteiger partial charge in [0.05, 0.1) is 5.52 Å². The second-order valence-corrected chi connectivity index (χ2v) is 2.67. The summed E-state index contributed by atoms with van der Waals surface area (Å²) in [6.07, 6.45) is 0. The van der Waals surface area contributed by atoms with Crippen LogP contribution in [0, 0.1) is 6.92 Å². The molecule has 14 heavy (non-hydrogen) atoms. The van der Waals surface area contributed by atoms with Crippen molar-refractivity contribution in [3.05, 3.63) is 30.1 Å². The molecule has 0 aliphatic heterocycles. The van der Waals surface area contributed by atoms with E-state index in [4.69, 9.17) is 5.73 Å². The van der Waals surface area contributed by atoms with E-state index >= 15 is 0 Å². The summed E-state index contributed by atoms with van der Waals surface area (Å²) in [6, 6.07) is 7.72. The predicted molar refractivity (Wildman–Crippen MR) is 60.0 cm³/mol. The van der Waals surface area contributed by atoms with Gasteiger partial charge in [-0.2, -0.15) is 0 Å². The number of fused-ring (bicyclic) bond motifs is 1. The third-order valence-corrected chi connectivity index (χ3v) is 1.74. The van der Waals surface area contributed by atoms with Crippen molar-refractivity contribution in [2.45, 2.75) is 20.8 Å². The Kier molecular flexibility index (Phi) is 3.40. The van der Waals surface area contributed by atoms with Gasteiger partial charge in [0.15, 0.2) is 0 Å². The molecule has 0 aliphatic rings. The van der Waals surface area contributed by atoms with Crippen LogP contribution in [0.25, 0.3) is 10.9 Å². The van der Waals surface area contributed by atoms with Crippen LogP contribution in [0.1, 0.15) is 19.7 Å². The molecule has 0 spiro atoms. The van der Waals surface area contributed by atoms with Gasteiger partial charge in [0.2, 0.25) is 0 Å². The first-order valence-electron chi connectivity index (χ1n) is 4.76. The molecule has 0 aliphatic carbocycles. The Morgan fingerprint density at radius 1 is 1.07 bits per heavy atom. The normalized spacial score (nSPS) is 9.36. The van der Waals surface area contributed by atoms with Crippen LogP contribution in [-0.2, 0) is 0 Å². The molecule has 3 heteroatoms. The standard InChI is InChI=1S/C9H9N3.C2H6/c1-6-11-8-5-3-2-4-7(8)9(10)12-6;1-2/h2-5H,1H3,(H2,10,11,12);1-2H3. The molecule has 0 saturated carbocycles. The zero-order valence-electron chi connectivity index (χ0n) is 8.78. The molecule has 0 fully saturated rings. The molecule has 0 radical (unpaired) electrons. The summed E-state index contributed by atoms with van der Waals surface area (Å²) in [5.74, 6) is 1.27. The van der Waals surface area contributed by atoms with Gasteiger partial charge in [-0.1, -0.05) is 26.0 Å². The summed E-state index contributed by atoms with van der Waals surface area (Å²) in [5, 5.41) is 0.920. The van der Waals surface area contributed by atoms with E-state index in [1.165, 1.54) is 0 Å². The zero-order chi connectivity index (χ0) is 10.6. The quantitative estimate of drug-likeness (QED) is 0.692. The van der Waals surface area contributed by atoms with Crippen molar-refractivity contribution in [2.75, 3.05) is 5.73 Å². The van der Waals surface area contributed by atoms with Gasteiger partial charge in [0.25, 0.3) is 0 Å². The summed E-state index contributed by atoms with van der Waals surface area (Å²) < 4.78 is 0. The average molecular weight is 189 g/mol. The Balaban J connectivity index is 0.000000461. The minimum atomic E-state index is 0.554. The van der Waals surface area contributed by atoms with E-state index in [9.17, 15) is 0 Å². The van der Waals surface area contributed by atoms with E-state index < -0.39 is 0 Å². The van der Waals surface area contributed by atoms with Crippen LogP contribution >= 0.6 is 0 Å². The number of nitrogens with zero attached hydrogens (tertiary/aromatic N) is 2. The Hall–Kier alpha value is -1.64. The van der Waals surface area contributed by atoms with Crippen LogP contribution in [0.2, 0.25) is 0 Å². The lowest BCUT2D eigenvalue weighted by Gasteiger charge is -2.00. The molecule has 74 valence electrons. The van der Waals surface area contributed by atoms with Crippen molar-refractivity contribution < 1.29 is 0 Å². The Bertz CT molecular complexity index is 424. The maximum Gasteiger partial charge on any atom is 0.135 e. The molecule has 0 bridgehead atoms. The van der Waals surface area contributed by atoms with Crippen LogP contribution in [0.4, 0.5) is 5.82 Å². The summed E-state index contributed by atoms with van der Waals surface area (Å²) >= 11 is 0. The fourth-order valence-corrected chi connectivity index (χ4v) is 1.22. The number of aromatic nitrogens is 2. The van der Waals surface area contributed by atoms with E-state index in [2.05, 4.69) is 9.97 Å². The van der Waals surface area contributed by atoms with Gasteiger partial charge in [0, 0.05) is 5.39 Å². The van der Waals surface area contributed by atoms with Crippen LogP contribution in [0.5, 0.6) is 0 Å². The van der Waals surface area contributed by atoms with Gasteiger partial charge >= 0.3 is 0 Å². The maximum atomic E-state index is 5.71. The highest BCUT2D eigenvalue weighted by molar-refractivity contribution is 5.87. The molecule has 2 rings (SSSR count). The topological polar surface area (TPSA) is 51.8 Å². The van der Waals surface area contributed by atoms with Gasteiger partial charge in [0.1, 0.15) is 11.6 Å². The predicted octanol–water partition coefficient (Wildman–Crippen LogP) is 2.55. The van der Waals surface area contributed by atoms with Gasteiger partial charge in [-0.05, 0) is 19.1 Å². The molecule has 1 aromatic heterocycles. The molecular weight excluding hydrogens is 174 g/mol. The summed E-state index contributed by atoms with van der Waals surface area (Å²) in [5.41, 5.74) is 6.61. The number of benzene rings is 1. The second kappa shape index (κ2) is 4.56. The lowest BCUT2D eigenvalue weighted by Crippen LogP contribution is -1.96. The van der Waals surface area contributed by atoms with E-state index in [0.29, 0.717) is 11.6 Å². The molecule has 1 heterocycles. The number of hydrogen-bond donors (Lipinski definition) is 1. The van der Waals surface area contributed by atoms with E-state index in [0.717, 1.165) is 10.9 Å². The molecule has 0 unspecified atom stereocenters. The highest BCUT2D eigenvalue weighted by atomic mass is 14.9. The molecule has 2 aromatic rings. The first-order chi connectivity index (χ1) is 6.77. The molecule has 2 N–H and O–H groups in total. The number of aryl methyl sites for hydroxylation is 1. The molecule has 0 amide bonds. The highest BCUT2D eigenvalue weighted by Crippen LogP contribution is 2.16. The molecule has 0 saturated heterocycles. The van der Waals surface area contributed by atoms with Crippen molar-refractivity contribution in [1.82, 2.24) is 9.97 Å². The monoisotopic (exact) mass is 189 g/mol. The number of anilines is 1. The van der Waals surface area contributed by atoms with E-state index in [1.54, 1.807) is 0 Å². The summed E-state index contributed by atoms with van der Waals surface area (Å²) in [6.45, 7) is 5.84. The lowest BCUT2D eigenvalue weighted by atomic mass is 10.2.